The Morgan fingerprint density at radius 3 is 2.83 bits per heavy atom. The molecule has 1 fully saturated rings. The summed E-state index contributed by atoms with van der Waals surface area (Å²) in [6.45, 7) is 2.70. The molecule has 1 heterocycles. The van der Waals surface area contributed by atoms with Crippen molar-refractivity contribution in [2.45, 2.75) is 38.6 Å². The highest BCUT2D eigenvalue weighted by atomic mass is 79.9. The Bertz CT molecular complexity index is 416. The van der Waals surface area contributed by atoms with E-state index in [9.17, 15) is 4.79 Å². The lowest BCUT2D eigenvalue weighted by Crippen LogP contribution is -2.40. The third-order valence-corrected chi connectivity index (χ3v) is 3.85. The number of halogens is 1. The first-order chi connectivity index (χ1) is 8.72. The Kier molecular flexibility index (Phi) is 4.75. The molecule has 0 atom stereocenters. The molecule has 1 amide bonds. The Labute approximate surface area is 117 Å². The molecular weight excluding hydrogens is 292 g/mol. The molecule has 98 valence electrons. The van der Waals surface area contributed by atoms with Crippen molar-refractivity contribution < 1.29 is 4.79 Å². The van der Waals surface area contributed by atoms with Crippen LogP contribution >= 0.6 is 15.9 Å². The van der Waals surface area contributed by atoms with Crippen molar-refractivity contribution >= 4 is 21.8 Å². The maximum absolute atomic E-state index is 12.6. The minimum absolute atomic E-state index is 0.145. The number of rotatable bonds is 4. The summed E-state index contributed by atoms with van der Waals surface area (Å²) in [5.41, 5.74) is 1.65. The van der Waals surface area contributed by atoms with Crippen molar-refractivity contribution in [3.05, 3.63) is 29.6 Å². The molecule has 1 aliphatic rings. The smallest absolute Gasteiger partial charge is 0.254 e. The minimum Gasteiger partial charge on any atom is -0.335 e. The predicted molar refractivity (Wildman–Crippen MR) is 76.1 cm³/mol. The van der Waals surface area contributed by atoms with E-state index in [2.05, 4.69) is 20.9 Å². The van der Waals surface area contributed by atoms with E-state index in [1.807, 2.05) is 24.0 Å². The largest absolute Gasteiger partial charge is 0.335 e. The van der Waals surface area contributed by atoms with Gasteiger partial charge in [0, 0.05) is 35.4 Å². The zero-order valence-corrected chi connectivity index (χ0v) is 12.3. The predicted octanol–water partition coefficient (Wildman–Crippen LogP) is 3.17. The third-order valence-electron chi connectivity index (χ3n) is 3.50. The molecule has 2 rings (SSSR count). The summed E-state index contributed by atoms with van der Waals surface area (Å²) in [5, 5.41) is 0.833. The van der Waals surface area contributed by atoms with Gasteiger partial charge >= 0.3 is 0 Å². The second kappa shape index (κ2) is 6.32. The number of carbonyl (C=O) groups excluding carboxylic acids is 1. The first-order valence-electron chi connectivity index (χ1n) is 6.52. The van der Waals surface area contributed by atoms with Crippen LogP contribution in [-0.2, 0) is 0 Å². The molecule has 4 heteroatoms. The molecule has 0 bridgehead atoms. The summed E-state index contributed by atoms with van der Waals surface area (Å²) < 4.78 is 0. The van der Waals surface area contributed by atoms with Gasteiger partial charge in [-0.25, -0.2) is 0 Å². The van der Waals surface area contributed by atoms with Crippen molar-refractivity contribution in [1.29, 1.82) is 0 Å². The SMILES string of the molecule is Cc1cc(C(=O)N(CCBr)C2CCCC2)ccn1. The Balaban J connectivity index is 2.17. The van der Waals surface area contributed by atoms with Gasteiger partial charge in [-0.1, -0.05) is 28.8 Å². The number of amides is 1. The maximum Gasteiger partial charge on any atom is 0.254 e. The summed E-state index contributed by atoms with van der Waals surface area (Å²) in [7, 11) is 0. The summed E-state index contributed by atoms with van der Waals surface area (Å²) in [5.74, 6) is 0.145. The molecule has 3 nitrogen and oxygen atoms in total. The van der Waals surface area contributed by atoms with Crippen molar-refractivity contribution in [3.8, 4) is 0 Å². The molecule has 0 unspecified atom stereocenters. The van der Waals surface area contributed by atoms with Crippen LogP contribution in [0.3, 0.4) is 0 Å². The summed E-state index contributed by atoms with van der Waals surface area (Å²) in [4.78, 5) is 18.7. The van der Waals surface area contributed by atoms with E-state index in [-0.39, 0.29) is 5.91 Å². The Morgan fingerprint density at radius 2 is 2.22 bits per heavy atom. The van der Waals surface area contributed by atoms with E-state index in [4.69, 9.17) is 0 Å². The van der Waals surface area contributed by atoms with Gasteiger partial charge in [0.05, 0.1) is 0 Å². The Morgan fingerprint density at radius 1 is 1.50 bits per heavy atom. The van der Waals surface area contributed by atoms with Gasteiger partial charge in [0.2, 0.25) is 0 Å². The molecule has 1 aromatic heterocycles. The highest BCUT2D eigenvalue weighted by Crippen LogP contribution is 2.25. The van der Waals surface area contributed by atoms with Gasteiger partial charge in [-0.2, -0.15) is 0 Å². The first-order valence-corrected chi connectivity index (χ1v) is 7.64. The van der Waals surface area contributed by atoms with Gasteiger partial charge in [0.15, 0.2) is 0 Å². The van der Waals surface area contributed by atoms with Crippen LogP contribution in [0.1, 0.15) is 41.7 Å². The van der Waals surface area contributed by atoms with E-state index >= 15 is 0 Å². The molecule has 18 heavy (non-hydrogen) atoms. The highest BCUT2D eigenvalue weighted by molar-refractivity contribution is 9.09. The van der Waals surface area contributed by atoms with Crippen molar-refractivity contribution in [3.63, 3.8) is 0 Å². The monoisotopic (exact) mass is 310 g/mol. The molecule has 1 saturated carbocycles. The van der Waals surface area contributed by atoms with Crippen LogP contribution in [0.4, 0.5) is 0 Å². The van der Waals surface area contributed by atoms with Gasteiger partial charge in [-0.3, -0.25) is 9.78 Å². The lowest BCUT2D eigenvalue weighted by molar-refractivity contribution is 0.0696. The lowest BCUT2D eigenvalue weighted by Gasteiger charge is -2.28. The topological polar surface area (TPSA) is 33.2 Å². The van der Waals surface area contributed by atoms with Crippen molar-refractivity contribution in [2.24, 2.45) is 0 Å². The zero-order chi connectivity index (χ0) is 13.0. The average molecular weight is 311 g/mol. The van der Waals surface area contributed by atoms with Gasteiger partial charge in [-0.15, -0.1) is 0 Å². The van der Waals surface area contributed by atoms with E-state index in [1.54, 1.807) is 6.20 Å². The molecule has 0 saturated heterocycles. The number of pyridine rings is 1. The van der Waals surface area contributed by atoms with E-state index in [1.165, 1.54) is 12.8 Å². The normalized spacial score (nSPS) is 15.9. The van der Waals surface area contributed by atoms with Gasteiger partial charge in [-0.05, 0) is 31.9 Å². The first kappa shape index (κ1) is 13.5. The minimum atomic E-state index is 0.145. The molecule has 0 radical (unpaired) electrons. The summed E-state index contributed by atoms with van der Waals surface area (Å²) in [6, 6.07) is 4.10. The van der Waals surface area contributed by atoms with E-state index in [0.717, 1.165) is 36.0 Å². The number of aromatic nitrogens is 1. The van der Waals surface area contributed by atoms with Crippen LogP contribution in [0.5, 0.6) is 0 Å². The summed E-state index contributed by atoms with van der Waals surface area (Å²) >= 11 is 3.45. The van der Waals surface area contributed by atoms with Crippen LogP contribution in [-0.4, -0.2) is 33.7 Å². The highest BCUT2D eigenvalue weighted by Gasteiger charge is 2.26. The molecule has 0 aliphatic heterocycles. The third kappa shape index (κ3) is 3.10. The lowest BCUT2D eigenvalue weighted by atomic mass is 10.1. The fourth-order valence-electron chi connectivity index (χ4n) is 2.60. The zero-order valence-electron chi connectivity index (χ0n) is 10.7. The number of carbonyl (C=O) groups is 1. The van der Waals surface area contributed by atoms with Gasteiger partial charge in [0.1, 0.15) is 0 Å². The molecule has 0 aromatic carbocycles. The molecule has 0 N–H and O–H groups in total. The second-order valence-electron chi connectivity index (χ2n) is 4.81. The van der Waals surface area contributed by atoms with Crippen LogP contribution in [0, 0.1) is 6.92 Å². The van der Waals surface area contributed by atoms with Crippen LogP contribution in [0.25, 0.3) is 0 Å². The molecule has 1 aliphatic carbocycles. The maximum atomic E-state index is 12.6. The fourth-order valence-corrected chi connectivity index (χ4v) is 2.98. The van der Waals surface area contributed by atoms with E-state index < -0.39 is 0 Å². The quantitative estimate of drug-likeness (QED) is 0.800. The van der Waals surface area contributed by atoms with Crippen LogP contribution < -0.4 is 0 Å². The number of aryl methyl sites for hydroxylation is 1. The Hall–Kier alpha value is -0.900. The standard InChI is InChI=1S/C14H19BrN2O/c1-11-10-12(6-8-16-11)14(18)17(9-7-15)13-4-2-3-5-13/h6,8,10,13H,2-5,7,9H2,1H3. The van der Waals surface area contributed by atoms with Gasteiger partial charge < -0.3 is 4.90 Å². The molecule has 0 spiro atoms. The second-order valence-corrected chi connectivity index (χ2v) is 5.60. The van der Waals surface area contributed by atoms with Crippen LogP contribution in [0.2, 0.25) is 0 Å². The molecular formula is C14H19BrN2O. The number of hydrogen-bond acceptors (Lipinski definition) is 2. The van der Waals surface area contributed by atoms with Gasteiger partial charge in [0.25, 0.3) is 5.91 Å². The summed E-state index contributed by atoms with van der Waals surface area (Å²) in [6.07, 6.45) is 6.48. The fraction of sp³-hybridized carbons (Fsp3) is 0.571. The molecule has 1 aromatic rings. The van der Waals surface area contributed by atoms with Crippen molar-refractivity contribution in [1.82, 2.24) is 9.88 Å². The van der Waals surface area contributed by atoms with Crippen LogP contribution in [0.15, 0.2) is 18.3 Å². The number of alkyl halides is 1. The van der Waals surface area contributed by atoms with Crippen molar-refractivity contribution in [2.75, 3.05) is 11.9 Å². The number of nitrogens with zero attached hydrogens (tertiary/aromatic N) is 2. The average Bonchev–Trinajstić information content (AvgIpc) is 2.89. The number of hydrogen-bond donors (Lipinski definition) is 0. The van der Waals surface area contributed by atoms with E-state index in [0.29, 0.717) is 6.04 Å².